The smallest absolute Gasteiger partial charge is 0.269 e. The molecule has 0 saturated carbocycles. The third-order valence-electron chi connectivity index (χ3n) is 3.56. The zero-order valence-corrected chi connectivity index (χ0v) is 11.2. The normalized spacial score (nSPS) is 13.0. The Hall–Kier alpha value is -2.53. The maximum absolute atomic E-state index is 12.3. The molecule has 0 saturated heterocycles. The second-order valence-corrected chi connectivity index (χ2v) is 5.00. The molecule has 0 aromatic heterocycles. The van der Waals surface area contributed by atoms with E-state index in [9.17, 15) is 14.9 Å². The van der Waals surface area contributed by atoms with E-state index in [0.29, 0.717) is 18.8 Å². The van der Waals surface area contributed by atoms with Crippen LogP contribution in [-0.2, 0) is 24.4 Å². The summed E-state index contributed by atoms with van der Waals surface area (Å²) in [5.41, 5.74) is 3.63. The van der Waals surface area contributed by atoms with Crippen LogP contribution in [0.1, 0.15) is 27.0 Å². The summed E-state index contributed by atoms with van der Waals surface area (Å²) < 4.78 is 5.33. The maximum atomic E-state index is 12.3. The maximum Gasteiger partial charge on any atom is 0.269 e. The number of Topliss-reactive ketones (excluding diaryl/α,β-unsaturated/α-hetero) is 1. The second kappa shape index (κ2) is 5.46. The van der Waals surface area contributed by atoms with Crippen LogP contribution in [0, 0.1) is 10.1 Å². The zero-order chi connectivity index (χ0) is 14.8. The molecule has 106 valence electrons. The van der Waals surface area contributed by atoms with Crippen LogP contribution in [0.3, 0.4) is 0 Å². The lowest BCUT2D eigenvalue weighted by Gasteiger charge is -2.04. The van der Waals surface area contributed by atoms with Crippen molar-refractivity contribution in [2.24, 2.45) is 0 Å². The first-order valence-corrected chi connectivity index (χ1v) is 6.59. The first-order chi connectivity index (χ1) is 10.1. The highest BCUT2D eigenvalue weighted by atomic mass is 16.6. The highest BCUT2D eigenvalue weighted by Crippen LogP contribution is 2.22. The molecule has 0 atom stereocenters. The molecule has 3 rings (SSSR count). The van der Waals surface area contributed by atoms with E-state index < -0.39 is 4.92 Å². The number of fused-ring (bicyclic) bond motifs is 1. The standard InChI is InChI=1S/C16H13NO4/c18-16(7-11-1-5-15(6-2-11)17(19)20)12-3-4-13-9-21-10-14(13)8-12/h1-6,8H,7,9-10H2. The SMILES string of the molecule is O=C(Cc1ccc([N+](=O)[O-])cc1)c1ccc2c(c1)COC2. The van der Waals surface area contributed by atoms with E-state index in [1.54, 1.807) is 18.2 Å². The van der Waals surface area contributed by atoms with Crippen molar-refractivity contribution in [3.8, 4) is 0 Å². The van der Waals surface area contributed by atoms with Gasteiger partial charge >= 0.3 is 0 Å². The number of nitrogens with zero attached hydrogens (tertiary/aromatic N) is 1. The van der Waals surface area contributed by atoms with Crippen LogP contribution in [0.25, 0.3) is 0 Å². The molecule has 0 bridgehead atoms. The minimum absolute atomic E-state index is 0.00134. The topological polar surface area (TPSA) is 69.4 Å². The van der Waals surface area contributed by atoms with Crippen molar-refractivity contribution in [1.29, 1.82) is 0 Å². The Morgan fingerprint density at radius 2 is 1.81 bits per heavy atom. The Labute approximate surface area is 121 Å². The van der Waals surface area contributed by atoms with E-state index in [2.05, 4.69) is 0 Å². The lowest BCUT2D eigenvalue weighted by Crippen LogP contribution is -2.04. The summed E-state index contributed by atoms with van der Waals surface area (Å²) in [6.45, 7) is 1.15. The third kappa shape index (κ3) is 2.83. The molecule has 1 heterocycles. The van der Waals surface area contributed by atoms with Gasteiger partial charge in [0, 0.05) is 24.1 Å². The fourth-order valence-corrected chi connectivity index (χ4v) is 2.37. The summed E-state index contributed by atoms with van der Waals surface area (Å²) in [4.78, 5) is 22.4. The quantitative estimate of drug-likeness (QED) is 0.491. The molecule has 21 heavy (non-hydrogen) atoms. The van der Waals surface area contributed by atoms with Crippen LogP contribution in [0.5, 0.6) is 0 Å². The van der Waals surface area contributed by atoms with E-state index in [4.69, 9.17) is 4.74 Å². The summed E-state index contributed by atoms with van der Waals surface area (Å²) in [7, 11) is 0. The highest BCUT2D eigenvalue weighted by Gasteiger charge is 2.15. The van der Waals surface area contributed by atoms with Crippen LogP contribution < -0.4 is 0 Å². The Kier molecular flexibility index (Phi) is 3.50. The van der Waals surface area contributed by atoms with E-state index in [1.807, 2.05) is 12.1 Å². The fourth-order valence-electron chi connectivity index (χ4n) is 2.37. The molecule has 1 aliphatic rings. The molecular formula is C16H13NO4. The van der Waals surface area contributed by atoms with Crippen LogP contribution in [0.4, 0.5) is 5.69 Å². The largest absolute Gasteiger partial charge is 0.372 e. The van der Waals surface area contributed by atoms with E-state index in [-0.39, 0.29) is 17.9 Å². The zero-order valence-electron chi connectivity index (χ0n) is 11.2. The molecule has 1 aliphatic heterocycles. The number of benzene rings is 2. The number of rotatable bonds is 4. The van der Waals surface area contributed by atoms with Crippen LogP contribution in [0.15, 0.2) is 42.5 Å². The van der Waals surface area contributed by atoms with Gasteiger partial charge in [0.1, 0.15) is 0 Å². The van der Waals surface area contributed by atoms with Gasteiger partial charge in [-0.05, 0) is 22.8 Å². The molecule has 0 fully saturated rings. The summed E-state index contributed by atoms with van der Waals surface area (Å²) in [6, 6.07) is 11.7. The Balaban J connectivity index is 1.75. The van der Waals surface area contributed by atoms with Crippen molar-refractivity contribution in [2.75, 3.05) is 0 Å². The molecule has 5 heteroatoms. The molecule has 2 aromatic rings. The van der Waals surface area contributed by atoms with E-state index in [0.717, 1.165) is 16.7 Å². The number of ketones is 1. The number of hydrogen-bond donors (Lipinski definition) is 0. The van der Waals surface area contributed by atoms with Gasteiger partial charge in [0.05, 0.1) is 18.1 Å². The van der Waals surface area contributed by atoms with Gasteiger partial charge in [0.2, 0.25) is 0 Å². The van der Waals surface area contributed by atoms with Gasteiger partial charge < -0.3 is 4.74 Å². The molecule has 0 amide bonds. The Morgan fingerprint density at radius 3 is 2.52 bits per heavy atom. The van der Waals surface area contributed by atoms with E-state index in [1.165, 1.54) is 12.1 Å². The number of ether oxygens (including phenoxy) is 1. The van der Waals surface area contributed by atoms with Crippen molar-refractivity contribution in [2.45, 2.75) is 19.6 Å². The van der Waals surface area contributed by atoms with Gasteiger partial charge in [-0.2, -0.15) is 0 Å². The predicted molar refractivity (Wildman–Crippen MR) is 76.1 cm³/mol. The van der Waals surface area contributed by atoms with Gasteiger partial charge in [-0.1, -0.05) is 24.3 Å². The molecule has 0 unspecified atom stereocenters. The average molecular weight is 283 g/mol. The lowest BCUT2D eigenvalue weighted by molar-refractivity contribution is -0.384. The Bertz CT molecular complexity index is 707. The molecule has 2 aromatic carbocycles. The number of hydrogen-bond acceptors (Lipinski definition) is 4. The highest BCUT2D eigenvalue weighted by molar-refractivity contribution is 5.97. The molecule has 5 nitrogen and oxygen atoms in total. The minimum Gasteiger partial charge on any atom is -0.372 e. The van der Waals surface area contributed by atoms with Crippen LogP contribution in [0.2, 0.25) is 0 Å². The monoisotopic (exact) mass is 283 g/mol. The molecule has 0 N–H and O–H groups in total. The van der Waals surface area contributed by atoms with E-state index >= 15 is 0 Å². The first-order valence-electron chi connectivity index (χ1n) is 6.59. The van der Waals surface area contributed by atoms with Crippen molar-refractivity contribution in [3.05, 3.63) is 74.8 Å². The number of carbonyl (C=O) groups excluding carboxylic acids is 1. The molecule has 0 spiro atoms. The molecule has 0 aliphatic carbocycles. The number of nitro groups is 1. The molecule has 0 radical (unpaired) electrons. The van der Waals surface area contributed by atoms with Crippen molar-refractivity contribution in [3.63, 3.8) is 0 Å². The Morgan fingerprint density at radius 1 is 1.10 bits per heavy atom. The second-order valence-electron chi connectivity index (χ2n) is 5.00. The number of non-ortho nitro benzene ring substituents is 1. The summed E-state index contributed by atoms with van der Waals surface area (Å²) >= 11 is 0. The van der Waals surface area contributed by atoms with Gasteiger partial charge in [0.15, 0.2) is 5.78 Å². The van der Waals surface area contributed by atoms with Crippen molar-refractivity contribution >= 4 is 11.5 Å². The van der Waals surface area contributed by atoms with Gasteiger partial charge in [-0.25, -0.2) is 0 Å². The fraction of sp³-hybridized carbons (Fsp3) is 0.188. The molecular weight excluding hydrogens is 270 g/mol. The van der Waals surface area contributed by atoms with Gasteiger partial charge in [-0.3, -0.25) is 14.9 Å². The number of nitro benzene ring substituents is 1. The minimum atomic E-state index is -0.452. The van der Waals surface area contributed by atoms with Gasteiger partial charge in [-0.15, -0.1) is 0 Å². The van der Waals surface area contributed by atoms with Crippen LogP contribution >= 0.6 is 0 Å². The average Bonchev–Trinajstić information content (AvgIpc) is 2.95. The third-order valence-corrected chi connectivity index (χ3v) is 3.56. The summed E-state index contributed by atoms with van der Waals surface area (Å²) in [6.07, 6.45) is 0.234. The summed E-state index contributed by atoms with van der Waals surface area (Å²) in [5, 5.41) is 10.6. The van der Waals surface area contributed by atoms with Crippen LogP contribution in [-0.4, -0.2) is 10.7 Å². The first kappa shape index (κ1) is 13.5. The lowest BCUT2D eigenvalue weighted by atomic mass is 9.99. The summed E-state index contributed by atoms with van der Waals surface area (Å²) in [5.74, 6) is -0.00134. The number of carbonyl (C=O) groups is 1. The predicted octanol–water partition coefficient (Wildman–Crippen LogP) is 3.05. The van der Waals surface area contributed by atoms with Crippen molar-refractivity contribution in [1.82, 2.24) is 0 Å². The van der Waals surface area contributed by atoms with Gasteiger partial charge in [0.25, 0.3) is 5.69 Å². The van der Waals surface area contributed by atoms with Crippen molar-refractivity contribution < 1.29 is 14.5 Å².